The Bertz CT molecular complexity index is 153. The molecule has 0 amide bonds. The Labute approximate surface area is 72.6 Å². The molecule has 0 radical (unpaired) electrons. The van der Waals surface area contributed by atoms with Crippen LogP contribution >= 0.6 is 0 Å². The van der Waals surface area contributed by atoms with Crippen molar-refractivity contribution in [3.63, 3.8) is 0 Å². The molecule has 0 bridgehead atoms. The van der Waals surface area contributed by atoms with Gasteiger partial charge in [0.25, 0.3) is 0 Å². The summed E-state index contributed by atoms with van der Waals surface area (Å²) in [5.74, 6) is 0. The van der Waals surface area contributed by atoms with Crippen molar-refractivity contribution < 1.29 is 9.84 Å². The molecule has 0 unspecified atom stereocenters. The van der Waals surface area contributed by atoms with Gasteiger partial charge in [-0.15, -0.1) is 0 Å². The molecule has 1 rings (SSSR count). The van der Waals surface area contributed by atoms with Gasteiger partial charge in [-0.25, -0.2) is 0 Å². The minimum absolute atomic E-state index is 0.664. The Hall–Kier alpha value is -0.420. The molecule has 3 N–H and O–H groups in total. The van der Waals surface area contributed by atoms with Crippen molar-refractivity contribution in [3.05, 3.63) is 12.2 Å². The number of hydrogen-bond donors (Lipinski definition) is 2. The van der Waals surface area contributed by atoms with Gasteiger partial charge in [0.05, 0.1) is 13.2 Å². The number of hydrogen-bond acceptors (Lipinski definition) is 4. The minimum Gasteiger partial charge on any atom is -0.379 e. The van der Waals surface area contributed by atoms with Crippen molar-refractivity contribution >= 4 is 0 Å². The highest BCUT2D eigenvalue weighted by Crippen LogP contribution is 2.02. The van der Waals surface area contributed by atoms with Crippen molar-refractivity contribution in [2.75, 3.05) is 32.8 Å². The average Bonchev–Trinajstić information content (AvgIpc) is 2.06. The van der Waals surface area contributed by atoms with E-state index in [1.165, 1.54) is 0 Å². The maximum Gasteiger partial charge on any atom is 0.125 e. The van der Waals surface area contributed by atoms with Gasteiger partial charge in [0.15, 0.2) is 0 Å². The zero-order valence-corrected chi connectivity index (χ0v) is 7.20. The molecule has 0 aliphatic carbocycles. The van der Waals surface area contributed by atoms with Crippen LogP contribution in [0.4, 0.5) is 0 Å². The summed E-state index contributed by atoms with van der Waals surface area (Å²) >= 11 is 0. The van der Waals surface area contributed by atoms with Crippen LogP contribution < -0.4 is 5.73 Å². The van der Waals surface area contributed by atoms with E-state index >= 15 is 0 Å². The summed E-state index contributed by atoms with van der Waals surface area (Å²) < 4.78 is 5.18. The van der Waals surface area contributed by atoms with Crippen LogP contribution in [0.2, 0.25) is 0 Å². The van der Waals surface area contributed by atoms with E-state index in [1.807, 2.05) is 0 Å². The van der Waals surface area contributed by atoms with Crippen LogP contribution in [0.15, 0.2) is 12.2 Å². The van der Waals surface area contributed by atoms with Gasteiger partial charge >= 0.3 is 0 Å². The molecule has 0 spiro atoms. The molecule has 1 aliphatic rings. The molecule has 1 aliphatic heterocycles. The topological polar surface area (TPSA) is 58.7 Å². The van der Waals surface area contributed by atoms with Crippen LogP contribution in [0, 0.1) is 0 Å². The van der Waals surface area contributed by atoms with Crippen LogP contribution in [0.5, 0.6) is 0 Å². The average molecular weight is 172 g/mol. The highest BCUT2D eigenvalue weighted by Gasteiger charge is 2.12. The molecule has 1 atom stereocenters. The largest absolute Gasteiger partial charge is 0.379 e. The van der Waals surface area contributed by atoms with Gasteiger partial charge in [-0.3, -0.25) is 4.90 Å². The van der Waals surface area contributed by atoms with Gasteiger partial charge in [0, 0.05) is 19.6 Å². The van der Waals surface area contributed by atoms with Crippen LogP contribution in [0.1, 0.15) is 0 Å². The second kappa shape index (κ2) is 4.57. The molecule has 0 aromatic heterocycles. The molecule has 70 valence electrons. The SMILES string of the molecule is C=C(CN1CCOCC1)[C@H](N)O. The van der Waals surface area contributed by atoms with Crippen LogP contribution in [0.25, 0.3) is 0 Å². The first kappa shape index (κ1) is 9.67. The predicted octanol–water partition coefficient (Wildman–Crippen LogP) is -0.848. The first-order chi connectivity index (χ1) is 5.70. The van der Waals surface area contributed by atoms with E-state index in [1.54, 1.807) is 0 Å². The molecule has 1 fully saturated rings. The molecule has 1 heterocycles. The Morgan fingerprint density at radius 1 is 1.58 bits per heavy atom. The molecule has 0 saturated carbocycles. The standard InChI is InChI=1S/C8H16N2O2/c1-7(8(9)11)6-10-2-4-12-5-3-10/h8,11H,1-6,9H2/t8-/m1/s1. The first-order valence-electron chi connectivity index (χ1n) is 4.11. The fraction of sp³-hybridized carbons (Fsp3) is 0.750. The van der Waals surface area contributed by atoms with E-state index in [-0.39, 0.29) is 0 Å². The number of nitrogens with zero attached hydrogens (tertiary/aromatic N) is 1. The molecular formula is C8H16N2O2. The summed E-state index contributed by atoms with van der Waals surface area (Å²) in [6.45, 7) is 7.66. The Morgan fingerprint density at radius 3 is 2.67 bits per heavy atom. The van der Waals surface area contributed by atoms with Crippen LogP contribution in [-0.2, 0) is 4.74 Å². The zero-order valence-electron chi connectivity index (χ0n) is 7.20. The summed E-state index contributed by atoms with van der Waals surface area (Å²) in [4.78, 5) is 2.17. The molecule has 1 saturated heterocycles. The molecule has 0 aromatic rings. The van der Waals surface area contributed by atoms with Gasteiger partial charge in [-0.2, -0.15) is 0 Å². The summed E-state index contributed by atoms with van der Waals surface area (Å²) in [6, 6.07) is 0. The number of rotatable bonds is 3. The van der Waals surface area contributed by atoms with Gasteiger partial charge < -0.3 is 15.6 Å². The highest BCUT2D eigenvalue weighted by atomic mass is 16.5. The lowest BCUT2D eigenvalue weighted by atomic mass is 10.2. The van der Waals surface area contributed by atoms with Crippen molar-refractivity contribution in [3.8, 4) is 0 Å². The molecule has 0 aromatic carbocycles. The molecular weight excluding hydrogens is 156 g/mol. The number of aliphatic hydroxyl groups excluding tert-OH is 1. The lowest BCUT2D eigenvalue weighted by Gasteiger charge is -2.27. The van der Waals surface area contributed by atoms with Crippen molar-refractivity contribution in [2.45, 2.75) is 6.23 Å². The smallest absolute Gasteiger partial charge is 0.125 e. The van der Waals surface area contributed by atoms with Crippen molar-refractivity contribution in [2.24, 2.45) is 5.73 Å². The van der Waals surface area contributed by atoms with Gasteiger partial charge in [0.1, 0.15) is 6.23 Å². The van der Waals surface area contributed by atoms with E-state index in [2.05, 4.69) is 11.5 Å². The summed E-state index contributed by atoms with van der Waals surface area (Å²) in [6.07, 6.45) is -0.896. The Balaban J connectivity index is 2.24. The fourth-order valence-corrected chi connectivity index (χ4v) is 1.14. The van der Waals surface area contributed by atoms with E-state index in [0.717, 1.165) is 26.3 Å². The monoisotopic (exact) mass is 172 g/mol. The van der Waals surface area contributed by atoms with E-state index in [4.69, 9.17) is 15.6 Å². The molecule has 12 heavy (non-hydrogen) atoms. The van der Waals surface area contributed by atoms with Gasteiger partial charge in [-0.05, 0) is 5.57 Å². The first-order valence-corrected chi connectivity index (χ1v) is 4.11. The maximum atomic E-state index is 8.97. The van der Waals surface area contributed by atoms with Crippen LogP contribution in [0.3, 0.4) is 0 Å². The summed E-state index contributed by atoms with van der Waals surface area (Å²) in [5.41, 5.74) is 5.91. The fourth-order valence-electron chi connectivity index (χ4n) is 1.14. The quantitative estimate of drug-likeness (QED) is 0.430. The van der Waals surface area contributed by atoms with Crippen LogP contribution in [-0.4, -0.2) is 49.1 Å². The highest BCUT2D eigenvalue weighted by molar-refractivity contribution is 5.02. The third-order valence-electron chi connectivity index (χ3n) is 1.95. The number of nitrogens with two attached hydrogens (primary N) is 1. The van der Waals surface area contributed by atoms with Crippen molar-refractivity contribution in [1.82, 2.24) is 4.90 Å². The van der Waals surface area contributed by atoms with E-state index in [9.17, 15) is 0 Å². The lowest BCUT2D eigenvalue weighted by molar-refractivity contribution is 0.0396. The normalized spacial score (nSPS) is 22.2. The molecule has 4 heteroatoms. The second-order valence-electron chi connectivity index (χ2n) is 2.99. The number of ether oxygens (including phenoxy) is 1. The van der Waals surface area contributed by atoms with E-state index in [0.29, 0.717) is 12.1 Å². The number of morpholine rings is 1. The summed E-state index contributed by atoms with van der Waals surface area (Å²) in [7, 11) is 0. The van der Waals surface area contributed by atoms with Gasteiger partial charge in [0.2, 0.25) is 0 Å². The Morgan fingerprint density at radius 2 is 2.17 bits per heavy atom. The zero-order chi connectivity index (χ0) is 8.97. The lowest BCUT2D eigenvalue weighted by Crippen LogP contribution is -2.39. The second-order valence-corrected chi connectivity index (χ2v) is 2.99. The Kier molecular flexibility index (Phi) is 3.68. The predicted molar refractivity (Wildman–Crippen MR) is 46.6 cm³/mol. The maximum absolute atomic E-state index is 8.97. The third-order valence-corrected chi connectivity index (χ3v) is 1.95. The third kappa shape index (κ3) is 2.91. The van der Waals surface area contributed by atoms with Crippen molar-refractivity contribution in [1.29, 1.82) is 0 Å². The van der Waals surface area contributed by atoms with Gasteiger partial charge in [-0.1, -0.05) is 6.58 Å². The minimum atomic E-state index is -0.896. The number of aliphatic hydroxyl groups is 1. The molecule has 4 nitrogen and oxygen atoms in total. The van der Waals surface area contributed by atoms with E-state index < -0.39 is 6.23 Å². The summed E-state index contributed by atoms with van der Waals surface area (Å²) in [5, 5.41) is 8.97.